The SMILES string of the molecule is CCNCc1oc(CN(C)C(C)Cc2cccs2)cc1C. The maximum Gasteiger partial charge on any atom is 0.120 e. The van der Waals surface area contributed by atoms with Crippen LogP contribution in [0.25, 0.3) is 0 Å². The Hall–Kier alpha value is -1.10. The van der Waals surface area contributed by atoms with Gasteiger partial charge in [-0.3, -0.25) is 4.90 Å². The molecular weight excluding hydrogens is 280 g/mol. The number of likely N-dealkylation sites (N-methyl/N-ethyl adjacent to an activating group) is 1. The fourth-order valence-corrected chi connectivity index (χ4v) is 3.19. The maximum atomic E-state index is 5.97. The summed E-state index contributed by atoms with van der Waals surface area (Å²) in [6, 6.07) is 7.00. The monoisotopic (exact) mass is 306 g/mol. The second-order valence-electron chi connectivity index (χ2n) is 5.65. The molecule has 1 N–H and O–H groups in total. The van der Waals surface area contributed by atoms with Crippen LogP contribution in [0.5, 0.6) is 0 Å². The van der Waals surface area contributed by atoms with E-state index < -0.39 is 0 Å². The fourth-order valence-electron chi connectivity index (χ4n) is 2.36. The zero-order valence-corrected chi connectivity index (χ0v) is 14.3. The highest BCUT2D eigenvalue weighted by molar-refractivity contribution is 7.09. The minimum absolute atomic E-state index is 0.506. The molecular formula is C17H26N2OS. The molecule has 0 aliphatic heterocycles. The summed E-state index contributed by atoms with van der Waals surface area (Å²) in [5.74, 6) is 2.12. The van der Waals surface area contributed by atoms with Crippen molar-refractivity contribution in [2.75, 3.05) is 13.6 Å². The summed E-state index contributed by atoms with van der Waals surface area (Å²) in [5, 5.41) is 5.46. The van der Waals surface area contributed by atoms with Crippen molar-refractivity contribution in [1.82, 2.24) is 10.2 Å². The second kappa shape index (κ2) is 7.78. The normalized spacial score (nSPS) is 13.0. The molecule has 116 valence electrons. The van der Waals surface area contributed by atoms with Crippen molar-refractivity contribution in [3.63, 3.8) is 0 Å². The first-order chi connectivity index (χ1) is 10.1. The molecule has 0 fully saturated rings. The van der Waals surface area contributed by atoms with Gasteiger partial charge in [-0.1, -0.05) is 13.0 Å². The maximum absolute atomic E-state index is 5.97. The van der Waals surface area contributed by atoms with E-state index in [1.807, 2.05) is 11.3 Å². The first-order valence-electron chi connectivity index (χ1n) is 7.61. The Kier molecular flexibility index (Phi) is 6.03. The summed E-state index contributed by atoms with van der Waals surface area (Å²) in [6.45, 7) is 9.15. The third-order valence-electron chi connectivity index (χ3n) is 3.84. The van der Waals surface area contributed by atoms with E-state index >= 15 is 0 Å². The van der Waals surface area contributed by atoms with Crippen LogP contribution in [-0.2, 0) is 19.5 Å². The van der Waals surface area contributed by atoms with E-state index in [4.69, 9.17) is 4.42 Å². The lowest BCUT2D eigenvalue weighted by molar-refractivity contribution is 0.227. The molecule has 2 heterocycles. The van der Waals surface area contributed by atoms with Crippen molar-refractivity contribution in [2.24, 2.45) is 0 Å². The van der Waals surface area contributed by atoms with Crippen LogP contribution in [0.4, 0.5) is 0 Å². The van der Waals surface area contributed by atoms with Gasteiger partial charge >= 0.3 is 0 Å². The number of aryl methyl sites for hydroxylation is 1. The predicted molar refractivity (Wildman–Crippen MR) is 89.8 cm³/mol. The largest absolute Gasteiger partial charge is 0.463 e. The van der Waals surface area contributed by atoms with Crippen LogP contribution in [0.2, 0.25) is 0 Å². The molecule has 0 saturated heterocycles. The third kappa shape index (κ3) is 4.70. The van der Waals surface area contributed by atoms with Gasteiger partial charge in [-0.05, 0) is 56.9 Å². The van der Waals surface area contributed by atoms with Gasteiger partial charge in [0.2, 0.25) is 0 Å². The highest BCUT2D eigenvalue weighted by atomic mass is 32.1. The molecule has 3 nitrogen and oxygen atoms in total. The van der Waals surface area contributed by atoms with Crippen LogP contribution in [0.3, 0.4) is 0 Å². The summed E-state index contributed by atoms with van der Waals surface area (Å²) in [6.07, 6.45) is 1.10. The van der Waals surface area contributed by atoms with Crippen LogP contribution < -0.4 is 5.32 Å². The van der Waals surface area contributed by atoms with Crippen LogP contribution in [0.15, 0.2) is 28.0 Å². The minimum Gasteiger partial charge on any atom is -0.463 e. The summed E-state index contributed by atoms with van der Waals surface area (Å²) >= 11 is 1.83. The van der Waals surface area contributed by atoms with Gasteiger partial charge in [0, 0.05) is 10.9 Å². The summed E-state index contributed by atoms with van der Waals surface area (Å²) in [7, 11) is 2.17. The van der Waals surface area contributed by atoms with Crippen molar-refractivity contribution in [3.8, 4) is 0 Å². The second-order valence-corrected chi connectivity index (χ2v) is 6.68. The Labute approximate surface area is 132 Å². The molecule has 21 heavy (non-hydrogen) atoms. The zero-order chi connectivity index (χ0) is 15.2. The Morgan fingerprint density at radius 3 is 2.90 bits per heavy atom. The van der Waals surface area contributed by atoms with Crippen molar-refractivity contribution in [3.05, 3.63) is 45.5 Å². The van der Waals surface area contributed by atoms with Crippen molar-refractivity contribution >= 4 is 11.3 Å². The number of thiophene rings is 1. The van der Waals surface area contributed by atoms with Gasteiger partial charge in [-0.25, -0.2) is 0 Å². The fraction of sp³-hybridized carbons (Fsp3) is 0.529. The molecule has 2 aromatic heterocycles. The Morgan fingerprint density at radius 1 is 1.43 bits per heavy atom. The number of nitrogens with zero attached hydrogens (tertiary/aromatic N) is 1. The van der Waals surface area contributed by atoms with E-state index in [1.165, 1.54) is 10.4 Å². The van der Waals surface area contributed by atoms with E-state index in [0.29, 0.717) is 6.04 Å². The average molecular weight is 306 g/mol. The lowest BCUT2D eigenvalue weighted by Crippen LogP contribution is -2.30. The number of furan rings is 1. The number of hydrogen-bond acceptors (Lipinski definition) is 4. The molecule has 0 aromatic carbocycles. The highest BCUT2D eigenvalue weighted by Crippen LogP contribution is 2.18. The molecule has 0 spiro atoms. The first-order valence-corrected chi connectivity index (χ1v) is 8.49. The lowest BCUT2D eigenvalue weighted by atomic mass is 10.2. The summed E-state index contributed by atoms with van der Waals surface area (Å²) in [4.78, 5) is 3.80. The minimum atomic E-state index is 0.506. The topological polar surface area (TPSA) is 28.4 Å². The van der Waals surface area contributed by atoms with E-state index in [1.54, 1.807) is 0 Å². The average Bonchev–Trinajstić information content (AvgIpc) is 3.06. The van der Waals surface area contributed by atoms with Gasteiger partial charge in [-0.15, -0.1) is 11.3 Å². The van der Waals surface area contributed by atoms with Gasteiger partial charge in [0.05, 0.1) is 13.1 Å². The Bertz CT molecular complexity index is 533. The molecule has 0 aliphatic carbocycles. The lowest BCUT2D eigenvalue weighted by Gasteiger charge is -2.23. The van der Waals surface area contributed by atoms with Crippen molar-refractivity contribution < 1.29 is 4.42 Å². The number of hydrogen-bond donors (Lipinski definition) is 1. The van der Waals surface area contributed by atoms with Gasteiger partial charge in [-0.2, -0.15) is 0 Å². The van der Waals surface area contributed by atoms with Crippen LogP contribution in [0, 0.1) is 6.92 Å². The molecule has 4 heteroatoms. The van der Waals surface area contributed by atoms with E-state index in [2.05, 4.69) is 61.6 Å². The molecule has 0 aliphatic rings. The molecule has 0 saturated carbocycles. The van der Waals surface area contributed by atoms with Gasteiger partial charge < -0.3 is 9.73 Å². The van der Waals surface area contributed by atoms with Crippen molar-refractivity contribution in [1.29, 1.82) is 0 Å². The van der Waals surface area contributed by atoms with Crippen LogP contribution in [-0.4, -0.2) is 24.5 Å². The van der Waals surface area contributed by atoms with E-state index in [-0.39, 0.29) is 0 Å². The van der Waals surface area contributed by atoms with Crippen LogP contribution in [0.1, 0.15) is 35.8 Å². The number of rotatable bonds is 8. The van der Waals surface area contributed by atoms with Gasteiger partial charge in [0.25, 0.3) is 0 Å². The third-order valence-corrected chi connectivity index (χ3v) is 4.74. The van der Waals surface area contributed by atoms with Gasteiger partial charge in [0.1, 0.15) is 11.5 Å². The Morgan fingerprint density at radius 2 is 2.24 bits per heavy atom. The summed E-state index contributed by atoms with van der Waals surface area (Å²) < 4.78 is 5.97. The molecule has 1 atom stereocenters. The molecule has 2 aromatic rings. The van der Waals surface area contributed by atoms with Crippen LogP contribution >= 0.6 is 11.3 Å². The Balaban J connectivity index is 1.91. The van der Waals surface area contributed by atoms with Crippen molar-refractivity contribution in [2.45, 2.75) is 46.3 Å². The quantitative estimate of drug-likeness (QED) is 0.803. The summed E-state index contributed by atoms with van der Waals surface area (Å²) in [5.41, 5.74) is 1.24. The smallest absolute Gasteiger partial charge is 0.120 e. The zero-order valence-electron chi connectivity index (χ0n) is 13.5. The molecule has 1 unspecified atom stereocenters. The van der Waals surface area contributed by atoms with Gasteiger partial charge in [0.15, 0.2) is 0 Å². The van der Waals surface area contributed by atoms with E-state index in [9.17, 15) is 0 Å². The standard InChI is InChI=1S/C17H26N2OS/c1-5-18-11-17-13(2)9-15(20-17)12-19(4)14(3)10-16-7-6-8-21-16/h6-9,14,18H,5,10-12H2,1-4H3. The molecule has 0 amide bonds. The first kappa shape index (κ1) is 16.3. The van der Waals surface area contributed by atoms with E-state index in [0.717, 1.165) is 37.6 Å². The molecule has 0 radical (unpaired) electrons. The molecule has 2 rings (SSSR count). The molecule has 0 bridgehead atoms. The highest BCUT2D eigenvalue weighted by Gasteiger charge is 2.14. The predicted octanol–water partition coefficient (Wildman–Crippen LogP) is 3.82. The number of nitrogens with one attached hydrogen (secondary N) is 1.